The lowest BCUT2D eigenvalue weighted by atomic mass is 10.1. The van der Waals surface area contributed by atoms with Gasteiger partial charge in [-0.25, -0.2) is 4.39 Å². The van der Waals surface area contributed by atoms with Gasteiger partial charge < -0.3 is 29.7 Å². The number of aliphatic hydroxyl groups is 2. The molecule has 0 saturated carbocycles. The smallest absolute Gasteiger partial charge is 0.239 e. The van der Waals surface area contributed by atoms with E-state index in [1.165, 1.54) is 30.0 Å². The summed E-state index contributed by atoms with van der Waals surface area (Å²) < 4.78 is 29.5. The number of carbonyl (C=O) groups is 4. The van der Waals surface area contributed by atoms with Crippen LogP contribution >= 0.6 is 23.5 Å². The number of rotatable bonds is 19. The van der Waals surface area contributed by atoms with Gasteiger partial charge in [0.1, 0.15) is 48.5 Å². The van der Waals surface area contributed by atoms with Gasteiger partial charge in [-0.1, -0.05) is 60.3 Å². The van der Waals surface area contributed by atoms with E-state index in [2.05, 4.69) is 10.6 Å². The van der Waals surface area contributed by atoms with E-state index in [1.54, 1.807) is 56.8 Å². The molecule has 3 amide bonds. The summed E-state index contributed by atoms with van der Waals surface area (Å²) in [6, 6.07) is 27.3. The van der Waals surface area contributed by atoms with Crippen molar-refractivity contribution in [3.63, 3.8) is 0 Å². The molecular weight excluding hydrogens is 724 g/mol. The van der Waals surface area contributed by atoms with Gasteiger partial charge in [0.2, 0.25) is 18.2 Å². The summed E-state index contributed by atoms with van der Waals surface area (Å²) in [6.07, 6.45) is 1.40. The number of ether oxygens (including phenoxy) is 3. The molecule has 4 aromatic rings. The maximum atomic E-state index is 13.2. The fourth-order valence-corrected chi connectivity index (χ4v) is 6.15. The zero-order valence-electron chi connectivity index (χ0n) is 29.5. The van der Waals surface area contributed by atoms with E-state index in [0.717, 1.165) is 22.9 Å². The molecule has 4 aromatic carbocycles. The molecule has 0 bridgehead atoms. The number of carbonyl (C=O) groups excluding carboxylic acids is 4. The van der Waals surface area contributed by atoms with Crippen LogP contribution in [0.25, 0.3) is 0 Å². The molecule has 0 aliphatic heterocycles. The lowest BCUT2D eigenvalue weighted by Crippen LogP contribution is -2.32. The summed E-state index contributed by atoms with van der Waals surface area (Å²) in [5.74, 6) is 0.921. The summed E-state index contributed by atoms with van der Waals surface area (Å²) in [4.78, 5) is 44.6. The first-order chi connectivity index (χ1) is 25.6. The highest BCUT2D eigenvalue weighted by Crippen LogP contribution is 2.23. The normalized spacial score (nSPS) is 12.8. The summed E-state index contributed by atoms with van der Waals surface area (Å²) in [7, 11) is 3.12. The van der Waals surface area contributed by atoms with Crippen molar-refractivity contribution in [2.45, 2.75) is 35.5 Å². The van der Waals surface area contributed by atoms with Crippen LogP contribution in [0.3, 0.4) is 0 Å². The standard InChI is InChI=1S/C20H23NO5S.C19H20FNO4S/c1-21-20(24)19(27-13-22)10-14-6-8-16(9-7-14)26-12-18(23)15-4-3-5-17(11-15)25-2;1-26-18(19(24)21-12-22)9-13-5-7-16(8-6-13)25-11-17(23)14-3-2-4-15(20)10-14/h3-9,11,13,18-19,23H,10,12H2,1-2H3,(H,21,24);2-8,10,12,17-18,23H,9,11H2,1H3,(H,21,22,24). The Morgan fingerprint density at radius 3 is 1.75 bits per heavy atom. The Morgan fingerprint density at radius 1 is 0.755 bits per heavy atom. The predicted molar refractivity (Wildman–Crippen MR) is 204 cm³/mol. The number of amides is 3. The van der Waals surface area contributed by atoms with Gasteiger partial charge in [-0.15, -0.1) is 0 Å². The van der Waals surface area contributed by atoms with Gasteiger partial charge >= 0.3 is 0 Å². The van der Waals surface area contributed by atoms with E-state index in [1.807, 2.05) is 42.5 Å². The third-order valence-electron chi connectivity index (χ3n) is 7.75. The van der Waals surface area contributed by atoms with Crippen molar-refractivity contribution in [3.05, 3.63) is 125 Å². The molecule has 4 atom stereocenters. The van der Waals surface area contributed by atoms with Crippen molar-refractivity contribution in [1.82, 2.24) is 10.6 Å². The number of imide groups is 1. The van der Waals surface area contributed by atoms with Crippen LogP contribution in [0.1, 0.15) is 34.5 Å². The highest BCUT2D eigenvalue weighted by Gasteiger charge is 2.19. The van der Waals surface area contributed by atoms with Crippen LogP contribution < -0.4 is 24.8 Å². The minimum atomic E-state index is -0.932. The summed E-state index contributed by atoms with van der Waals surface area (Å²) in [6.45, 7) is 0.104. The van der Waals surface area contributed by atoms with Gasteiger partial charge in [0.05, 0.1) is 17.6 Å². The second-order valence-electron chi connectivity index (χ2n) is 11.4. The minimum absolute atomic E-state index is 0.00201. The maximum Gasteiger partial charge on any atom is 0.239 e. The fourth-order valence-electron chi connectivity index (χ4n) is 4.84. The third-order valence-corrected chi connectivity index (χ3v) is 9.52. The number of benzene rings is 4. The fraction of sp³-hybridized carbons (Fsp3) is 0.282. The number of thioether (sulfide) groups is 2. The lowest BCUT2D eigenvalue weighted by Gasteiger charge is -2.15. The number of hydrogen-bond acceptors (Lipinski definition) is 11. The monoisotopic (exact) mass is 766 g/mol. The van der Waals surface area contributed by atoms with Crippen molar-refractivity contribution in [1.29, 1.82) is 0 Å². The molecule has 0 heterocycles. The van der Waals surface area contributed by atoms with E-state index in [4.69, 9.17) is 14.2 Å². The van der Waals surface area contributed by atoms with E-state index < -0.39 is 23.3 Å². The topological polar surface area (TPSA) is 160 Å². The number of halogens is 1. The molecule has 0 aromatic heterocycles. The van der Waals surface area contributed by atoms with E-state index >= 15 is 0 Å². The number of hydrogen-bond donors (Lipinski definition) is 4. The number of methoxy groups -OCH3 is 1. The zero-order valence-corrected chi connectivity index (χ0v) is 31.1. The molecule has 4 rings (SSSR count). The van der Waals surface area contributed by atoms with Gasteiger partial charge in [0, 0.05) is 7.05 Å². The first-order valence-electron chi connectivity index (χ1n) is 16.4. The van der Waals surface area contributed by atoms with Crippen molar-refractivity contribution in [3.8, 4) is 17.2 Å². The average Bonchev–Trinajstić information content (AvgIpc) is 3.18. The number of nitrogens with one attached hydrogen (secondary N) is 2. The summed E-state index contributed by atoms with van der Waals surface area (Å²) >= 11 is 2.32. The van der Waals surface area contributed by atoms with E-state index in [-0.39, 0.29) is 30.3 Å². The van der Waals surface area contributed by atoms with Gasteiger partial charge in [0.15, 0.2) is 5.62 Å². The van der Waals surface area contributed by atoms with Crippen molar-refractivity contribution >= 4 is 47.4 Å². The van der Waals surface area contributed by atoms with Gasteiger partial charge in [-0.2, -0.15) is 11.8 Å². The molecule has 0 radical (unpaired) electrons. The molecule has 53 heavy (non-hydrogen) atoms. The molecular formula is C39H43FN2O9S2. The molecule has 282 valence electrons. The molecule has 4 N–H and O–H groups in total. The molecule has 4 unspecified atom stereocenters. The second-order valence-corrected chi connectivity index (χ2v) is 13.4. The Morgan fingerprint density at radius 2 is 1.28 bits per heavy atom. The van der Waals surface area contributed by atoms with Crippen LogP contribution in [0.2, 0.25) is 0 Å². The van der Waals surface area contributed by atoms with Crippen LogP contribution in [0.5, 0.6) is 17.2 Å². The average molecular weight is 767 g/mol. The predicted octanol–water partition coefficient (Wildman–Crippen LogP) is 4.87. The van der Waals surface area contributed by atoms with Crippen LogP contribution in [0.4, 0.5) is 4.39 Å². The Kier molecular flexibility index (Phi) is 18.4. The Bertz CT molecular complexity index is 1750. The minimum Gasteiger partial charge on any atom is -0.497 e. The van der Waals surface area contributed by atoms with Crippen molar-refractivity contribution in [2.75, 3.05) is 33.6 Å². The van der Waals surface area contributed by atoms with E-state index in [0.29, 0.717) is 53.2 Å². The maximum absolute atomic E-state index is 13.2. The van der Waals surface area contributed by atoms with Crippen LogP contribution in [0.15, 0.2) is 97.1 Å². The highest BCUT2D eigenvalue weighted by molar-refractivity contribution is 8.13. The number of aliphatic hydroxyl groups excluding tert-OH is 2. The van der Waals surface area contributed by atoms with Crippen LogP contribution in [0, 0.1) is 5.82 Å². The molecule has 11 nitrogen and oxygen atoms in total. The molecule has 0 aliphatic rings. The van der Waals surface area contributed by atoms with Crippen molar-refractivity contribution < 1.29 is 48.0 Å². The molecule has 0 spiro atoms. The third kappa shape index (κ3) is 14.6. The highest BCUT2D eigenvalue weighted by atomic mass is 32.2. The van der Waals surface area contributed by atoms with Crippen LogP contribution in [-0.4, -0.2) is 78.2 Å². The first-order valence-corrected chi connectivity index (χ1v) is 18.6. The second kappa shape index (κ2) is 22.9. The Hall–Kier alpha value is -4.89. The molecule has 0 aliphatic carbocycles. The molecule has 0 saturated heterocycles. The zero-order chi connectivity index (χ0) is 38.6. The van der Waals surface area contributed by atoms with Crippen molar-refractivity contribution in [2.24, 2.45) is 0 Å². The van der Waals surface area contributed by atoms with Gasteiger partial charge in [-0.05, 0) is 89.9 Å². The van der Waals surface area contributed by atoms with E-state index in [9.17, 15) is 33.8 Å². The Balaban J connectivity index is 0.000000286. The molecule has 0 fully saturated rings. The quantitative estimate of drug-likeness (QED) is 0.0965. The molecule has 14 heteroatoms. The van der Waals surface area contributed by atoms with Crippen LogP contribution in [-0.2, 0) is 32.0 Å². The van der Waals surface area contributed by atoms with Gasteiger partial charge in [-0.3, -0.25) is 24.5 Å². The SMILES string of the molecule is CNC(=O)C(Cc1ccc(OCC(O)c2cccc(OC)c2)cc1)SC=O.CSC(Cc1ccc(OCC(O)c2cccc(F)c2)cc1)C(=O)NC=O. The van der Waals surface area contributed by atoms with Gasteiger partial charge in [0.25, 0.3) is 0 Å². The largest absolute Gasteiger partial charge is 0.497 e. The summed E-state index contributed by atoms with van der Waals surface area (Å²) in [5.41, 5.74) is 3.68. The lowest BCUT2D eigenvalue weighted by molar-refractivity contribution is -0.125. The first kappa shape index (κ1) is 42.5. The summed E-state index contributed by atoms with van der Waals surface area (Å²) in [5, 5.41) is 24.2. The Labute approximate surface area is 316 Å².